The molecule has 0 saturated carbocycles. The quantitative estimate of drug-likeness (QED) is 0.196. The summed E-state index contributed by atoms with van der Waals surface area (Å²) in [6, 6.07) is 60.3. The van der Waals surface area contributed by atoms with Gasteiger partial charge in [0.15, 0.2) is 0 Å². The maximum absolute atomic E-state index is 5.24. The summed E-state index contributed by atoms with van der Waals surface area (Å²) in [5.74, 6) is 0.890. The minimum absolute atomic E-state index is 0.890. The molecular formula is C43H29N3. The van der Waals surface area contributed by atoms with E-state index in [1.54, 1.807) is 0 Å². The normalized spacial score (nSPS) is 11.5. The lowest BCUT2D eigenvalue weighted by atomic mass is 10.0. The highest BCUT2D eigenvalue weighted by Gasteiger charge is 2.17. The molecule has 0 saturated heterocycles. The third-order valence-electron chi connectivity index (χ3n) is 8.94. The van der Waals surface area contributed by atoms with Crippen molar-refractivity contribution < 1.29 is 0 Å². The minimum atomic E-state index is 0.890. The Hall–Kier alpha value is -6.19. The molecule has 0 aliphatic rings. The predicted octanol–water partition coefficient (Wildman–Crippen LogP) is 11.1. The van der Waals surface area contributed by atoms with Crippen molar-refractivity contribution in [3.05, 3.63) is 176 Å². The van der Waals surface area contributed by atoms with Crippen LogP contribution < -0.4 is 0 Å². The molecule has 9 rings (SSSR count). The second kappa shape index (κ2) is 10.8. The number of rotatable bonds is 5. The molecule has 0 N–H and O–H groups in total. The molecule has 216 valence electrons. The lowest BCUT2D eigenvalue weighted by molar-refractivity contribution is 1.05. The molecule has 0 aliphatic heterocycles. The zero-order chi connectivity index (χ0) is 30.5. The lowest BCUT2D eigenvalue weighted by Crippen LogP contribution is -1.98. The maximum Gasteiger partial charge on any atom is 0.138 e. The molecule has 0 radical (unpaired) electrons. The van der Waals surface area contributed by atoms with Gasteiger partial charge >= 0.3 is 0 Å². The standard InChI is InChI=1S/C43H29N3/c1-3-14-30(15-4-1)33-27-39(31-16-5-2-6-17-31)44-43(28-33)45-29-38(37-22-7-10-23-40(37)45)32-18-13-19-34(26-32)46-41-24-11-8-20-35(41)36-21-9-12-25-42(36)46/h1-29H. The van der Waals surface area contributed by atoms with Crippen LogP contribution in [0.25, 0.3) is 77.7 Å². The number of nitrogens with zero attached hydrogens (tertiary/aromatic N) is 3. The number of pyridine rings is 1. The van der Waals surface area contributed by atoms with E-state index in [4.69, 9.17) is 4.98 Å². The molecule has 9 aromatic rings. The summed E-state index contributed by atoms with van der Waals surface area (Å²) in [4.78, 5) is 5.24. The van der Waals surface area contributed by atoms with Crippen LogP contribution in [0.15, 0.2) is 176 Å². The number of hydrogen-bond donors (Lipinski definition) is 0. The fourth-order valence-corrected chi connectivity index (χ4v) is 6.81. The minimum Gasteiger partial charge on any atom is -0.309 e. The van der Waals surface area contributed by atoms with Crippen molar-refractivity contribution in [3.8, 4) is 45.0 Å². The predicted molar refractivity (Wildman–Crippen MR) is 192 cm³/mol. The van der Waals surface area contributed by atoms with E-state index in [0.29, 0.717) is 0 Å². The Bertz CT molecular complexity index is 2410. The van der Waals surface area contributed by atoms with Crippen molar-refractivity contribution in [2.75, 3.05) is 0 Å². The Balaban J connectivity index is 1.24. The average molecular weight is 588 g/mol. The topological polar surface area (TPSA) is 22.8 Å². The molecule has 0 aliphatic carbocycles. The lowest BCUT2D eigenvalue weighted by Gasteiger charge is -2.12. The summed E-state index contributed by atoms with van der Waals surface area (Å²) in [7, 11) is 0. The van der Waals surface area contributed by atoms with Gasteiger partial charge in [0, 0.05) is 39.2 Å². The fourth-order valence-electron chi connectivity index (χ4n) is 6.81. The Morgan fingerprint density at radius 1 is 0.391 bits per heavy atom. The van der Waals surface area contributed by atoms with Gasteiger partial charge in [0.25, 0.3) is 0 Å². The molecule has 3 nitrogen and oxygen atoms in total. The monoisotopic (exact) mass is 587 g/mol. The number of hydrogen-bond acceptors (Lipinski definition) is 1. The summed E-state index contributed by atoms with van der Waals surface area (Å²) in [6.45, 7) is 0. The second-order valence-corrected chi connectivity index (χ2v) is 11.7. The van der Waals surface area contributed by atoms with Gasteiger partial charge in [-0.3, -0.25) is 0 Å². The Labute approximate surface area is 267 Å². The van der Waals surface area contributed by atoms with E-state index in [2.05, 4.69) is 179 Å². The zero-order valence-electron chi connectivity index (χ0n) is 25.1. The van der Waals surface area contributed by atoms with Crippen molar-refractivity contribution in [3.63, 3.8) is 0 Å². The number of para-hydroxylation sites is 3. The van der Waals surface area contributed by atoms with Gasteiger partial charge in [-0.25, -0.2) is 4.98 Å². The highest BCUT2D eigenvalue weighted by Crippen LogP contribution is 2.37. The molecule has 0 spiro atoms. The molecular weight excluding hydrogens is 558 g/mol. The van der Waals surface area contributed by atoms with Crippen molar-refractivity contribution in [1.29, 1.82) is 0 Å². The summed E-state index contributed by atoms with van der Waals surface area (Å²) < 4.78 is 4.63. The van der Waals surface area contributed by atoms with Gasteiger partial charge in [0.1, 0.15) is 5.82 Å². The van der Waals surface area contributed by atoms with E-state index in [9.17, 15) is 0 Å². The first kappa shape index (κ1) is 26.2. The van der Waals surface area contributed by atoms with Crippen LogP contribution >= 0.6 is 0 Å². The van der Waals surface area contributed by atoms with Crippen LogP contribution in [-0.2, 0) is 0 Å². The zero-order valence-corrected chi connectivity index (χ0v) is 25.1. The van der Waals surface area contributed by atoms with Crippen LogP contribution in [0.2, 0.25) is 0 Å². The first-order valence-corrected chi connectivity index (χ1v) is 15.6. The van der Waals surface area contributed by atoms with E-state index in [1.807, 2.05) is 6.07 Å². The van der Waals surface area contributed by atoms with Gasteiger partial charge < -0.3 is 9.13 Å². The van der Waals surface area contributed by atoms with Gasteiger partial charge in [0.2, 0.25) is 0 Å². The molecule has 0 fully saturated rings. The molecule has 0 amide bonds. The van der Waals surface area contributed by atoms with Crippen LogP contribution in [0, 0.1) is 0 Å². The first-order valence-electron chi connectivity index (χ1n) is 15.6. The van der Waals surface area contributed by atoms with Gasteiger partial charge in [-0.05, 0) is 59.2 Å². The molecule has 0 unspecified atom stereocenters. The van der Waals surface area contributed by atoms with Gasteiger partial charge in [-0.1, -0.05) is 127 Å². The molecule has 3 aromatic heterocycles. The average Bonchev–Trinajstić information content (AvgIpc) is 3.69. The summed E-state index contributed by atoms with van der Waals surface area (Å²) in [5.41, 5.74) is 11.4. The van der Waals surface area contributed by atoms with Gasteiger partial charge in [-0.15, -0.1) is 0 Å². The number of benzene rings is 6. The van der Waals surface area contributed by atoms with E-state index >= 15 is 0 Å². The molecule has 46 heavy (non-hydrogen) atoms. The SMILES string of the molecule is c1ccc(-c2cc(-c3ccccc3)nc(-n3cc(-c4cccc(-n5c6ccccc6c6ccccc65)c4)c4ccccc43)c2)cc1. The first-order chi connectivity index (χ1) is 22.8. The summed E-state index contributed by atoms with van der Waals surface area (Å²) >= 11 is 0. The van der Waals surface area contributed by atoms with Crippen LogP contribution in [0.1, 0.15) is 0 Å². The number of fused-ring (bicyclic) bond motifs is 4. The van der Waals surface area contributed by atoms with Gasteiger partial charge in [-0.2, -0.15) is 0 Å². The van der Waals surface area contributed by atoms with E-state index < -0.39 is 0 Å². The maximum atomic E-state index is 5.24. The van der Waals surface area contributed by atoms with E-state index in [0.717, 1.165) is 39.4 Å². The van der Waals surface area contributed by atoms with Crippen molar-refractivity contribution in [2.24, 2.45) is 0 Å². The van der Waals surface area contributed by atoms with Crippen LogP contribution in [0.5, 0.6) is 0 Å². The highest BCUT2D eigenvalue weighted by molar-refractivity contribution is 6.09. The van der Waals surface area contributed by atoms with E-state index in [1.165, 1.54) is 38.3 Å². The third kappa shape index (κ3) is 4.33. The molecule has 0 atom stereocenters. The van der Waals surface area contributed by atoms with Gasteiger partial charge in [0.05, 0.1) is 22.2 Å². The fraction of sp³-hybridized carbons (Fsp3) is 0. The third-order valence-corrected chi connectivity index (χ3v) is 8.94. The smallest absolute Gasteiger partial charge is 0.138 e. The van der Waals surface area contributed by atoms with Crippen LogP contribution in [-0.4, -0.2) is 14.1 Å². The number of aromatic nitrogens is 3. The van der Waals surface area contributed by atoms with E-state index in [-0.39, 0.29) is 0 Å². The molecule has 6 aromatic carbocycles. The van der Waals surface area contributed by atoms with Crippen LogP contribution in [0.4, 0.5) is 0 Å². The van der Waals surface area contributed by atoms with Crippen LogP contribution in [0.3, 0.4) is 0 Å². The van der Waals surface area contributed by atoms with Crippen molar-refractivity contribution >= 4 is 32.7 Å². The van der Waals surface area contributed by atoms with Crippen molar-refractivity contribution in [1.82, 2.24) is 14.1 Å². The highest BCUT2D eigenvalue weighted by atomic mass is 15.1. The Morgan fingerprint density at radius 3 is 1.65 bits per heavy atom. The molecule has 3 heterocycles. The summed E-state index contributed by atoms with van der Waals surface area (Å²) in [5, 5.41) is 3.72. The Morgan fingerprint density at radius 2 is 0.957 bits per heavy atom. The second-order valence-electron chi connectivity index (χ2n) is 11.7. The largest absolute Gasteiger partial charge is 0.309 e. The Kier molecular flexibility index (Phi) is 6.14. The molecule has 0 bridgehead atoms. The summed E-state index contributed by atoms with van der Waals surface area (Å²) in [6.07, 6.45) is 2.25. The molecule has 3 heteroatoms. The van der Waals surface area contributed by atoms with Crippen molar-refractivity contribution in [2.45, 2.75) is 0 Å².